The number of halogens is 1. The summed E-state index contributed by atoms with van der Waals surface area (Å²) in [4.78, 5) is 11.5. The topological polar surface area (TPSA) is 103 Å². The van der Waals surface area contributed by atoms with E-state index in [4.69, 9.17) is 23.1 Å². The van der Waals surface area contributed by atoms with Gasteiger partial charge in [-0.2, -0.15) is 15.0 Å². The zero-order chi connectivity index (χ0) is 12.4. The summed E-state index contributed by atoms with van der Waals surface area (Å²) in [6, 6.07) is 5.49. The first-order chi connectivity index (χ1) is 8.04. The Hall–Kier alpha value is -2.08. The van der Waals surface area contributed by atoms with Crippen molar-refractivity contribution >= 4 is 34.9 Å². The normalized spacial score (nSPS) is 10.2. The van der Waals surface area contributed by atoms with Crippen molar-refractivity contribution in [2.45, 2.75) is 6.92 Å². The van der Waals surface area contributed by atoms with Gasteiger partial charge in [0.05, 0.1) is 0 Å². The molecule has 5 N–H and O–H groups in total. The number of benzene rings is 1. The maximum Gasteiger partial charge on any atom is 0.233 e. The van der Waals surface area contributed by atoms with E-state index in [1.54, 1.807) is 6.07 Å². The van der Waals surface area contributed by atoms with E-state index in [1.165, 1.54) is 0 Å². The molecule has 0 saturated carbocycles. The average molecular weight is 251 g/mol. The molecule has 0 radical (unpaired) electrons. The fourth-order valence-electron chi connectivity index (χ4n) is 1.32. The van der Waals surface area contributed by atoms with Gasteiger partial charge in [0.15, 0.2) is 0 Å². The summed E-state index contributed by atoms with van der Waals surface area (Å²) in [5.41, 5.74) is 13.6. The first-order valence-electron chi connectivity index (χ1n) is 4.85. The summed E-state index contributed by atoms with van der Waals surface area (Å²) >= 11 is 5.68. The molecule has 0 aliphatic carbocycles. The molecule has 0 aliphatic rings. The number of hydrogen-bond acceptors (Lipinski definition) is 6. The van der Waals surface area contributed by atoms with Gasteiger partial charge in [0.25, 0.3) is 0 Å². The summed E-state index contributed by atoms with van der Waals surface area (Å²) in [5.74, 6) is 0.352. The zero-order valence-corrected chi connectivity index (χ0v) is 9.86. The SMILES string of the molecule is Cc1ccc(N)cc1Nc1nc(N)nc(Cl)n1. The molecule has 17 heavy (non-hydrogen) atoms. The summed E-state index contributed by atoms with van der Waals surface area (Å²) in [7, 11) is 0. The van der Waals surface area contributed by atoms with Gasteiger partial charge in [-0.3, -0.25) is 0 Å². The largest absolute Gasteiger partial charge is 0.399 e. The molecule has 88 valence electrons. The van der Waals surface area contributed by atoms with Crippen LogP contribution in [0.1, 0.15) is 5.56 Å². The third kappa shape index (κ3) is 2.73. The van der Waals surface area contributed by atoms with Crippen molar-refractivity contribution in [3.63, 3.8) is 0 Å². The van der Waals surface area contributed by atoms with E-state index in [9.17, 15) is 0 Å². The first kappa shape index (κ1) is 11.4. The van der Waals surface area contributed by atoms with E-state index >= 15 is 0 Å². The van der Waals surface area contributed by atoms with Crippen LogP contribution in [-0.2, 0) is 0 Å². The summed E-state index contributed by atoms with van der Waals surface area (Å²) in [6.45, 7) is 1.94. The fraction of sp³-hybridized carbons (Fsp3) is 0.100. The molecule has 0 unspecified atom stereocenters. The highest BCUT2D eigenvalue weighted by atomic mass is 35.5. The van der Waals surface area contributed by atoms with E-state index in [0.29, 0.717) is 5.69 Å². The van der Waals surface area contributed by atoms with Gasteiger partial charge in [0.1, 0.15) is 0 Å². The third-order valence-corrected chi connectivity index (χ3v) is 2.30. The molecular formula is C10H11ClN6. The predicted octanol–water partition coefficient (Wildman–Crippen LogP) is 1.74. The van der Waals surface area contributed by atoms with Crippen LogP contribution in [0, 0.1) is 6.92 Å². The van der Waals surface area contributed by atoms with E-state index in [1.807, 2.05) is 19.1 Å². The van der Waals surface area contributed by atoms with Crippen molar-refractivity contribution in [2.75, 3.05) is 16.8 Å². The van der Waals surface area contributed by atoms with Crippen LogP contribution < -0.4 is 16.8 Å². The summed E-state index contributed by atoms with van der Waals surface area (Å²) in [6.07, 6.45) is 0. The van der Waals surface area contributed by atoms with Crippen molar-refractivity contribution in [1.29, 1.82) is 0 Å². The molecule has 7 heteroatoms. The highest BCUT2D eigenvalue weighted by molar-refractivity contribution is 6.28. The molecule has 6 nitrogen and oxygen atoms in total. The van der Waals surface area contributed by atoms with E-state index in [-0.39, 0.29) is 17.2 Å². The smallest absolute Gasteiger partial charge is 0.233 e. The van der Waals surface area contributed by atoms with E-state index in [2.05, 4.69) is 20.3 Å². The molecule has 2 rings (SSSR count). The number of nitrogen functional groups attached to an aromatic ring is 2. The lowest BCUT2D eigenvalue weighted by Crippen LogP contribution is -2.04. The van der Waals surface area contributed by atoms with Crippen LogP contribution in [0.15, 0.2) is 18.2 Å². The minimum absolute atomic E-state index is 0.0431. The van der Waals surface area contributed by atoms with Crippen molar-refractivity contribution in [2.24, 2.45) is 0 Å². The molecular weight excluding hydrogens is 240 g/mol. The molecule has 0 amide bonds. The number of hydrogen-bond donors (Lipinski definition) is 3. The molecule has 0 bridgehead atoms. The fourth-order valence-corrected chi connectivity index (χ4v) is 1.48. The van der Waals surface area contributed by atoms with Crippen molar-refractivity contribution in [3.8, 4) is 0 Å². The van der Waals surface area contributed by atoms with Crippen LogP contribution in [0.25, 0.3) is 0 Å². The second-order valence-corrected chi connectivity index (χ2v) is 3.82. The van der Waals surface area contributed by atoms with Crippen molar-refractivity contribution in [1.82, 2.24) is 15.0 Å². The van der Waals surface area contributed by atoms with Gasteiger partial charge in [-0.15, -0.1) is 0 Å². The van der Waals surface area contributed by atoms with Crippen LogP contribution in [0.4, 0.5) is 23.3 Å². The van der Waals surface area contributed by atoms with Crippen LogP contribution in [0.2, 0.25) is 5.28 Å². The monoisotopic (exact) mass is 250 g/mol. The molecule has 0 atom stereocenters. The lowest BCUT2D eigenvalue weighted by molar-refractivity contribution is 1.07. The maximum absolute atomic E-state index is 5.70. The minimum Gasteiger partial charge on any atom is -0.399 e. The van der Waals surface area contributed by atoms with E-state index < -0.39 is 0 Å². The van der Waals surface area contributed by atoms with Crippen molar-refractivity contribution in [3.05, 3.63) is 29.0 Å². The third-order valence-electron chi connectivity index (χ3n) is 2.13. The highest BCUT2D eigenvalue weighted by Gasteiger charge is 2.05. The Bertz CT molecular complexity index is 536. The van der Waals surface area contributed by atoms with Gasteiger partial charge in [0, 0.05) is 11.4 Å². The van der Waals surface area contributed by atoms with Crippen LogP contribution in [-0.4, -0.2) is 15.0 Å². The van der Waals surface area contributed by atoms with Crippen LogP contribution >= 0.6 is 11.6 Å². The second-order valence-electron chi connectivity index (χ2n) is 3.49. The standard InChI is InChI=1S/C10H11ClN6/c1-5-2-3-6(12)4-7(5)14-10-16-8(11)15-9(13)17-10/h2-4H,12H2,1H3,(H3,13,14,15,16,17). The molecule has 0 saturated heterocycles. The number of nitrogens with one attached hydrogen (secondary N) is 1. The summed E-state index contributed by atoms with van der Waals surface area (Å²) in [5, 5.41) is 3.03. The number of aryl methyl sites for hydroxylation is 1. The minimum atomic E-state index is 0.0431. The van der Waals surface area contributed by atoms with Crippen LogP contribution in [0.3, 0.4) is 0 Å². The highest BCUT2D eigenvalue weighted by Crippen LogP contribution is 2.21. The molecule has 2 aromatic rings. The zero-order valence-electron chi connectivity index (χ0n) is 9.11. The van der Waals surface area contributed by atoms with Gasteiger partial charge < -0.3 is 16.8 Å². The second kappa shape index (κ2) is 4.42. The Labute approximate surface area is 103 Å². The van der Waals surface area contributed by atoms with Crippen molar-refractivity contribution < 1.29 is 0 Å². The average Bonchev–Trinajstić information content (AvgIpc) is 2.22. The van der Waals surface area contributed by atoms with Gasteiger partial charge in [0.2, 0.25) is 17.2 Å². The summed E-state index contributed by atoms with van der Waals surface area (Å²) < 4.78 is 0. The quantitative estimate of drug-likeness (QED) is 0.702. The Kier molecular flexibility index (Phi) is 2.97. The van der Waals surface area contributed by atoms with Gasteiger partial charge in [-0.1, -0.05) is 6.07 Å². The maximum atomic E-state index is 5.70. The number of nitrogens with zero attached hydrogens (tertiary/aromatic N) is 3. The molecule has 1 heterocycles. The molecule has 0 spiro atoms. The molecule has 0 fully saturated rings. The van der Waals surface area contributed by atoms with E-state index in [0.717, 1.165) is 11.3 Å². The number of rotatable bonds is 2. The Balaban J connectivity index is 2.34. The Morgan fingerprint density at radius 1 is 1.18 bits per heavy atom. The number of anilines is 4. The lowest BCUT2D eigenvalue weighted by Gasteiger charge is -2.09. The molecule has 0 aliphatic heterocycles. The Morgan fingerprint density at radius 2 is 1.94 bits per heavy atom. The predicted molar refractivity (Wildman–Crippen MR) is 68.1 cm³/mol. The lowest BCUT2D eigenvalue weighted by atomic mass is 10.2. The van der Waals surface area contributed by atoms with Gasteiger partial charge >= 0.3 is 0 Å². The van der Waals surface area contributed by atoms with Crippen LogP contribution in [0.5, 0.6) is 0 Å². The van der Waals surface area contributed by atoms with Gasteiger partial charge in [-0.05, 0) is 36.2 Å². The first-order valence-corrected chi connectivity index (χ1v) is 5.22. The van der Waals surface area contributed by atoms with Gasteiger partial charge in [-0.25, -0.2) is 0 Å². The molecule has 1 aromatic heterocycles. The number of nitrogens with two attached hydrogens (primary N) is 2. The number of aromatic nitrogens is 3. The molecule has 1 aromatic carbocycles. The Morgan fingerprint density at radius 3 is 2.65 bits per heavy atom.